The van der Waals surface area contributed by atoms with Crippen molar-refractivity contribution in [1.29, 1.82) is 0 Å². The molecule has 3 heteroatoms. The molecule has 1 atom stereocenters. The van der Waals surface area contributed by atoms with E-state index in [1.807, 2.05) is 6.92 Å². The van der Waals surface area contributed by atoms with Crippen LogP contribution in [0.5, 0.6) is 0 Å². The first kappa shape index (κ1) is 13.5. The molecule has 94 valence electrons. The van der Waals surface area contributed by atoms with Gasteiger partial charge in [0.2, 0.25) is 5.91 Å². The summed E-state index contributed by atoms with van der Waals surface area (Å²) < 4.78 is 0. The van der Waals surface area contributed by atoms with Gasteiger partial charge in [0, 0.05) is 19.0 Å². The van der Waals surface area contributed by atoms with E-state index in [-0.39, 0.29) is 11.8 Å². The zero-order chi connectivity index (χ0) is 12.2. The maximum absolute atomic E-state index is 11.6. The SMILES string of the molecule is CC(CN)C(=O)NCC1CCC(C)(C)CC1. The molecule has 0 bridgehead atoms. The van der Waals surface area contributed by atoms with Crippen molar-refractivity contribution in [2.45, 2.75) is 46.5 Å². The summed E-state index contributed by atoms with van der Waals surface area (Å²) in [6.45, 7) is 7.80. The zero-order valence-electron chi connectivity index (χ0n) is 10.9. The average molecular weight is 226 g/mol. The summed E-state index contributed by atoms with van der Waals surface area (Å²) in [6, 6.07) is 0. The van der Waals surface area contributed by atoms with Crippen molar-refractivity contribution < 1.29 is 4.79 Å². The number of carbonyl (C=O) groups is 1. The van der Waals surface area contributed by atoms with Crippen LogP contribution in [0.25, 0.3) is 0 Å². The molecule has 1 aliphatic rings. The number of carbonyl (C=O) groups excluding carboxylic acids is 1. The molecule has 1 saturated carbocycles. The summed E-state index contributed by atoms with van der Waals surface area (Å²) >= 11 is 0. The van der Waals surface area contributed by atoms with Crippen LogP contribution in [0.1, 0.15) is 46.5 Å². The third-order valence-corrected chi connectivity index (χ3v) is 3.82. The van der Waals surface area contributed by atoms with Crippen LogP contribution >= 0.6 is 0 Å². The Morgan fingerprint density at radius 1 is 1.44 bits per heavy atom. The van der Waals surface area contributed by atoms with Crippen LogP contribution < -0.4 is 11.1 Å². The van der Waals surface area contributed by atoms with E-state index in [0.29, 0.717) is 17.9 Å². The monoisotopic (exact) mass is 226 g/mol. The summed E-state index contributed by atoms with van der Waals surface area (Å²) in [5, 5.41) is 3.01. The lowest BCUT2D eigenvalue weighted by atomic mass is 9.73. The summed E-state index contributed by atoms with van der Waals surface area (Å²) in [5.41, 5.74) is 5.96. The minimum Gasteiger partial charge on any atom is -0.356 e. The van der Waals surface area contributed by atoms with E-state index in [0.717, 1.165) is 6.54 Å². The van der Waals surface area contributed by atoms with E-state index in [1.165, 1.54) is 25.7 Å². The molecule has 1 aliphatic carbocycles. The fraction of sp³-hybridized carbons (Fsp3) is 0.923. The fourth-order valence-electron chi connectivity index (χ4n) is 2.19. The first-order valence-electron chi connectivity index (χ1n) is 6.42. The topological polar surface area (TPSA) is 55.1 Å². The Labute approximate surface area is 99.2 Å². The second-order valence-corrected chi connectivity index (χ2v) is 5.99. The molecule has 0 radical (unpaired) electrons. The van der Waals surface area contributed by atoms with Crippen LogP contribution in [0.2, 0.25) is 0 Å². The second kappa shape index (κ2) is 5.67. The second-order valence-electron chi connectivity index (χ2n) is 5.99. The molecule has 0 saturated heterocycles. The fourth-order valence-corrected chi connectivity index (χ4v) is 2.19. The zero-order valence-corrected chi connectivity index (χ0v) is 10.9. The van der Waals surface area contributed by atoms with Crippen LogP contribution in [0, 0.1) is 17.3 Å². The van der Waals surface area contributed by atoms with Crippen molar-refractivity contribution in [1.82, 2.24) is 5.32 Å². The number of amides is 1. The highest BCUT2D eigenvalue weighted by Gasteiger charge is 2.27. The lowest BCUT2D eigenvalue weighted by molar-refractivity contribution is -0.124. The number of rotatable bonds is 4. The van der Waals surface area contributed by atoms with Gasteiger partial charge in [0.1, 0.15) is 0 Å². The van der Waals surface area contributed by atoms with E-state index < -0.39 is 0 Å². The molecule has 0 heterocycles. The Bertz CT molecular complexity index is 228. The minimum absolute atomic E-state index is 0.0555. The van der Waals surface area contributed by atoms with Gasteiger partial charge in [-0.15, -0.1) is 0 Å². The van der Waals surface area contributed by atoms with Gasteiger partial charge in [0.05, 0.1) is 0 Å². The highest BCUT2D eigenvalue weighted by Crippen LogP contribution is 2.37. The molecule has 16 heavy (non-hydrogen) atoms. The maximum atomic E-state index is 11.6. The molecule has 0 spiro atoms. The molecule has 1 fully saturated rings. The third-order valence-electron chi connectivity index (χ3n) is 3.82. The standard InChI is InChI=1S/C13H26N2O/c1-10(8-14)12(16)15-9-11-4-6-13(2,3)7-5-11/h10-11H,4-9,14H2,1-3H3,(H,15,16). The molecular weight excluding hydrogens is 200 g/mol. The predicted octanol–water partition coefficient (Wildman–Crippen LogP) is 1.91. The maximum Gasteiger partial charge on any atom is 0.224 e. The van der Waals surface area contributed by atoms with Gasteiger partial charge in [0.25, 0.3) is 0 Å². The molecular formula is C13H26N2O. The predicted molar refractivity (Wildman–Crippen MR) is 67.0 cm³/mol. The van der Waals surface area contributed by atoms with Gasteiger partial charge >= 0.3 is 0 Å². The van der Waals surface area contributed by atoms with E-state index in [1.54, 1.807) is 0 Å². The van der Waals surface area contributed by atoms with Gasteiger partial charge in [-0.05, 0) is 37.0 Å². The van der Waals surface area contributed by atoms with E-state index in [9.17, 15) is 4.79 Å². The molecule has 1 rings (SSSR count). The largest absolute Gasteiger partial charge is 0.356 e. The quantitative estimate of drug-likeness (QED) is 0.769. The van der Waals surface area contributed by atoms with Crippen molar-refractivity contribution in [3.8, 4) is 0 Å². The third kappa shape index (κ3) is 4.12. The van der Waals surface area contributed by atoms with E-state index in [4.69, 9.17) is 5.73 Å². The molecule has 0 aromatic heterocycles. The van der Waals surface area contributed by atoms with Gasteiger partial charge in [0.15, 0.2) is 0 Å². The number of nitrogens with one attached hydrogen (secondary N) is 1. The van der Waals surface area contributed by atoms with Crippen LogP contribution in [-0.2, 0) is 4.79 Å². The summed E-state index contributed by atoms with van der Waals surface area (Å²) in [6.07, 6.45) is 5.04. The van der Waals surface area contributed by atoms with Crippen molar-refractivity contribution in [3.63, 3.8) is 0 Å². The van der Waals surface area contributed by atoms with Crippen molar-refractivity contribution in [2.75, 3.05) is 13.1 Å². The Kier molecular flexibility index (Phi) is 4.78. The van der Waals surface area contributed by atoms with Gasteiger partial charge in [-0.3, -0.25) is 4.79 Å². The summed E-state index contributed by atoms with van der Waals surface area (Å²) in [7, 11) is 0. The Morgan fingerprint density at radius 2 is 2.00 bits per heavy atom. The molecule has 0 aromatic carbocycles. The van der Waals surface area contributed by atoms with Crippen molar-refractivity contribution in [3.05, 3.63) is 0 Å². The normalized spacial score (nSPS) is 22.8. The average Bonchev–Trinajstić information content (AvgIpc) is 2.26. The van der Waals surface area contributed by atoms with Crippen molar-refractivity contribution in [2.24, 2.45) is 23.0 Å². The minimum atomic E-state index is -0.0555. The number of nitrogens with two attached hydrogens (primary N) is 1. The first-order chi connectivity index (χ1) is 7.44. The Balaban J connectivity index is 2.22. The summed E-state index contributed by atoms with van der Waals surface area (Å²) in [5.74, 6) is 0.717. The van der Waals surface area contributed by atoms with E-state index in [2.05, 4.69) is 19.2 Å². The van der Waals surface area contributed by atoms with Gasteiger partial charge in [-0.25, -0.2) is 0 Å². The molecule has 1 unspecified atom stereocenters. The van der Waals surface area contributed by atoms with Crippen LogP contribution in [0.4, 0.5) is 0 Å². The Morgan fingerprint density at radius 3 is 2.50 bits per heavy atom. The molecule has 1 amide bonds. The van der Waals surface area contributed by atoms with E-state index >= 15 is 0 Å². The van der Waals surface area contributed by atoms with Gasteiger partial charge in [-0.2, -0.15) is 0 Å². The Hall–Kier alpha value is -0.570. The molecule has 3 N–H and O–H groups in total. The number of hydrogen-bond donors (Lipinski definition) is 2. The molecule has 0 aliphatic heterocycles. The summed E-state index contributed by atoms with van der Waals surface area (Å²) in [4.78, 5) is 11.6. The van der Waals surface area contributed by atoms with Crippen LogP contribution in [0.3, 0.4) is 0 Å². The van der Waals surface area contributed by atoms with Crippen LogP contribution in [-0.4, -0.2) is 19.0 Å². The molecule has 0 aromatic rings. The van der Waals surface area contributed by atoms with Gasteiger partial charge in [-0.1, -0.05) is 20.8 Å². The molecule has 3 nitrogen and oxygen atoms in total. The highest BCUT2D eigenvalue weighted by molar-refractivity contribution is 5.78. The van der Waals surface area contributed by atoms with Crippen LogP contribution in [0.15, 0.2) is 0 Å². The highest BCUT2D eigenvalue weighted by atomic mass is 16.1. The number of hydrogen-bond acceptors (Lipinski definition) is 2. The first-order valence-corrected chi connectivity index (χ1v) is 6.42. The van der Waals surface area contributed by atoms with Crippen molar-refractivity contribution >= 4 is 5.91 Å². The lowest BCUT2D eigenvalue weighted by Gasteiger charge is -2.34. The van der Waals surface area contributed by atoms with Gasteiger partial charge < -0.3 is 11.1 Å². The lowest BCUT2D eigenvalue weighted by Crippen LogP contribution is -2.37. The smallest absolute Gasteiger partial charge is 0.224 e.